The zero-order valence-electron chi connectivity index (χ0n) is 23.8. The summed E-state index contributed by atoms with van der Waals surface area (Å²) in [4.78, 5) is 35.7. The molecule has 2 aliphatic rings. The van der Waals surface area contributed by atoms with Gasteiger partial charge in [-0.3, -0.25) is 14.6 Å². The van der Waals surface area contributed by atoms with Gasteiger partial charge in [0, 0.05) is 70.5 Å². The van der Waals surface area contributed by atoms with Crippen LogP contribution in [0.4, 0.5) is 4.39 Å². The zero-order valence-corrected chi connectivity index (χ0v) is 23.8. The Morgan fingerprint density at radius 1 is 1.15 bits per heavy atom. The third-order valence-corrected chi connectivity index (χ3v) is 8.55. The summed E-state index contributed by atoms with van der Waals surface area (Å²) in [6, 6.07) is 4.45. The molecule has 1 atom stereocenters. The fourth-order valence-corrected chi connectivity index (χ4v) is 6.24. The third kappa shape index (κ3) is 5.57. The number of likely N-dealkylation sites (tertiary alicyclic amines) is 2. The van der Waals surface area contributed by atoms with Crippen LogP contribution in [0.3, 0.4) is 0 Å². The third-order valence-electron chi connectivity index (χ3n) is 8.55. The second-order valence-corrected chi connectivity index (χ2v) is 11.8. The Labute approximate surface area is 230 Å². The number of carbonyl (C=O) groups is 2. The molecule has 2 aromatic heterocycles. The number of aryl methyl sites for hydroxylation is 1. The average Bonchev–Trinajstić information content (AvgIpc) is 3.26. The van der Waals surface area contributed by atoms with Crippen LogP contribution in [-0.2, 0) is 11.2 Å². The Kier molecular flexibility index (Phi) is 7.76. The molecular weight excluding hydrogens is 493 g/mol. The van der Waals surface area contributed by atoms with E-state index in [1.807, 2.05) is 35.7 Å². The Morgan fingerprint density at radius 3 is 2.64 bits per heavy atom. The lowest BCUT2D eigenvalue weighted by Crippen LogP contribution is -2.51. The predicted molar refractivity (Wildman–Crippen MR) is 152 cm³/mol. The van der Waals surface area contributed by atoms with Crippen LogP contribution in [0, 0.1) is 24.6 Å². The molecule has 1 aromatic carbocycles. The summed E-state index contributed by atoms with van der Waals surface area (Å²) < 4.78 is 16.4. The van der Waals surface area contributed by atoms with E-state index < -0.39 is 5.82 Å². The maximum absolute atomic E-state index is 14.3. The molecule has 39 heavy (non-hydrogen) atoms. The van der Waals surface area contributed by atoms with Crippen molar-refractivity contribution in [1.29, 1.82) is 0 Å². The molecule has 0 unspecified atom stereocenters. The van der Waals surface area contributed by atoms with Crippen LogP contribution < -0.4 is 0 Å². The van der Waals surface area contributed by atoms with Gasteiger partial charge in [0.25, 0.3) is 5.91 Å². The van der Waals surface area contributed by atoms with Crippen molar-refractivity contribution in [3.8, 4) is 5.69 Å². The van der Waals surface area contributed by atoms with E-state index in [1.165, 1.54) is 24.1 Å². The monoisotopic (exact) mass is 533 g/mol. The summed E-state index contributed by atoms with van der Waals surface area (Å²) in [5, 5.41) is 1.16. The van der Waals surface area contributed by atoms with E-state index in [0.29, 0.717) is 23.1 Å². The van der Waals surface area contributed by atoms with Crippen LogP contribution in [0.25, 0.3) is 16.6 Å². The second kappa shape index (κ2) is 11.1. The molecule has 3 aromatic rings. The van der Waals surface area contributed by atoms with Gasteiger partial charge >= 0.3 is 0 Å². The van der Waals surface area contributed by atoms with E-state index in [4.69, 9.17) is 0 Å². The van der Waals surface area contributed by atoms with Gasteiger partial charge in [0.1, 0.15) is 5.82 Å². The van der Waals surface area contributed by atoms with E-state index in [-0.39, 0.29) is 17.9 Å². The Bertz CT molecular complexity index is 1380. The molecule has 0 N–H and O–H groups in total. The number of piperidine rings is 1. The van der Waals surface area contributed by atoms with Gasteiger partial charge in [-0.25, -0.2) is 4.39 Å². The van der Waals surface area contributed by atoms with Gasteiger partial charge in [-0.05, 0) is 81.2 Å². The van der Waals surface area contributed by atoms with Crippen LogP contribution in [0.2, 0.25) is 0 Å². The lowest BCUT2D eigenvalue weighted by atomic mass is 9.89. The van der Waals surface area contributed by atoms with Crippen molar-refractivity contribution < 1.29 is 14.0 Å². The van der Waals surface area contributed by atoms with Crippen molar-refractivity contribution in [3.05, 3.63) is 59.3 Å². The minimum Gasteiger partial charge on any atom is -0.343 e. The minimum absolute atomic E-state index is 0.00444. The van der Waals surface area contributed by atoms with Crippen molar-refractivity contribution in [2.24, 2.45) is 11.8 Å². The first-order valence-corrected chi connectivity index (χ1v) is 14.1. The number of amides is 2. The number of carbonyl (C=O) groups excluding carboxylic acids is 2. The van der Waals surface area contributed by atoms with Gasteiger partial charge in [-0.2, -0.15) is 0 Å². The highest BCUT2D eigenvalue weighted by Crippen LogP contribution is 2.33. The van der Waals surface area contributed by atoms with Crippen LogP contribution in [0.5, 0.6) is 0 Å². The molecule has 8 heteroatoms. The van der Waals surface area contributed by atoms with Crippen molar-refractivity contribution in [2.45, 2.75) is 53.0 Å². The molecule has 7 nitrogen and oxygen atoms in total. The molecule has 0 spiro atoms. The van der Waals surface area contributed by atoms with Crippen LogP contribution in [-0.4, -0.2) is 81.9 Å². The van der Waals surface area contributed by atoms with Crippen molar-refractivity contribution in [2.75, 3.05) is 39.8 Å². The van der Waals surface area contributed by atoms with Crippen molar-refractivity contribution in [1.82, 2.24) is 24.3 Å². The standard InChI is InChI=1S/C31H40FN5O2/c1-20(2)34(5)31(39)27-12-26(32)8-9-28(27)37-19-25(30-21(3)13-33-14-29(30)37)11-24-16-35(17-24)15-23-7-6-10-36(18-23)22(4)38/h8-9,12-14,19-20,23-24H,6-7,10-11,15-18H2,1-5H3/t23-/m1/s1. The number of rotatable bonds is 7. The van der Waals surface area contributed by atoms with E-state index in [9.17, 15) is 14.0 Å². The summed E-state index contributed by atoms with van der Waals surface area (Å²) >= 11 is 0. The maximum Gasteiger partial charge on any atom is 0.256 e. The van der Waals surface area contributed by atoms with Crippen LogP contribution >= 0.6 is 0 Å². The summed E-state index contributed by atoms with van der Waals surface area (Å²) in [5.74, 6) is 0.653. The Morgan fingerprint density at radius 2 is 1.92 bits per heavy atom. The first-order chi connectivity index (χ1) is 18.6. The molecule has 2 saturated heterocycles. The average molecular weight is 534 g/mol. The van der Waals surface area contributed by atoms with Crippen LogP contribution in [0.1, 0.15) is 55.1 Å². The van der Waals surface area contributed by atoms with E-state index in [0.717, 1.165) is 62.0 Å². The molecule has 0 aliphatic carbocycles. The molecule has 208 valence electrons. The molecule has 0 saturated carbocycles. The fourth-order valence-electron chi connectivity index (χ4n) is 6.24. The molecule has 5 rings (SSSR count). The molecule has 2 aliphatic heterocycles. The SMILES string of the molecule is CC(=O)N1CCC[C@H](CN2CC(Cc3cn(-c4ccc(F)cc4C(=O)N(C)C(C)C)c4cncc(C)c34)C2)C1. The predicted octanol–water partition coefficient (Wildman–Crippen LogP) is 4.69. The zero-order chi connectivity index (χ0) is 27.8. The van der Waals surface area contributed by atoms with Gasteiger partial charge < -0.3 is 19.3 Å². The number of aromatic nitrogens is 2. The number of hydrogen-bond acceptors (Lipinski definition) is 4. The molecule has 4 heterocycles. The Hall–Kier alpha value is -3.26. The van der Waals surface area contributed by atoms with E-state index in [2.05, 4.69) is 23.0 Å². The van der Waals surface area contributed by atoms with Gasteiger partial charge in [-0.15, -0.1) is 0 Å². The van der Waals surface area contributed by atoms with Crippen LogP contribution in [0.15, 0.2) is 36.8 Å². The second-order valence-electron chi connectivity index (χ2n) is 11.8. The summed E-state index contributed by atoms with van der Waals surface area (Å²) in [5.41, 5.74) is 4.27. The number of fused-ring (bicyclic) bond motifs is 1. The normalized spacial score (nSPS) is 18.5. The first-order valence-electron chi connectivity index (χ1n) is 14.1. The fraction of sp³-hybridized carbons (Fsp3) is 0.516. The molecular formula is C31H40FN5O2. The quantitative estimate of drug-likeness (QED) is 0.442. The molecule has 2 amide bonds. The van der Waals surface area contributed by atoms with E-state index in [1.54, 1.807) is 24.9 Å². The van der Waals surface area contributed by atoms with Crippen molar-refractivity contribution in [3.63, 3.8) is 0 Å². The highest BCUT2D eigenvalue weighted by molar-refractivity contribution is 5.99. The summed E-state index contributed by atoms with van der Waals surface area (Å²) in [7, 11) is 1.75. The summed E-state index contributed by atoms with van der Waals surface area (Å²) in [6.45, 7) is 12.6. The van der Waals surface area contributed by atoms with Gasteiger partial charge in [0.15, 0.2) is 0 Å². The number of nitrogens with zero attached hydrogens (tertiary/aromatic N) is 5. The van der Waals surface area contributed by atoms with Gasteiger partial charge in [0.05, 0.1) is 23.0 Å². The number of halogens is 1. The smallest absolute Gasteiger partial charge is 0.256 e. The largest absolute Gasteiger partial charge is 0.343 e. The maximum atomic E-state index is 14.3. The van der Waals surface area contributed by atoms with E-state index >= 15 is 0 Å². The molecule has 0 bridgehead atoms. The molecule has 0 radical (unpaired) electrons. The summed E-state index contributed by atoms with van der Waals surface area (Å²) in [6.07, 6.45) is 9.06. The highest BCUT2D eigenvalue weighted by atomic mass is 19.1. The topological polar surface area (TPSA) is 61.7 Å². The van der Waals surface area contributed by atoms with Gasteiger partial charge in [0.2, 0.25) is 5.91 Å². The number of benzene rings is 1. The van der Waals surface area contributed by atoms with Gasteiger partial charge in [-0.1, -0.05) is 0 Å². The molecule has 2 fully saturated rings. The Balaban J connectivity index is 1.37. The lowest BCUT2D eigenvalue weighted by molar-refractivity contribution is -0.130. The highest BCUT2D eigenvalue weighted by Gasteiger charge is 2.32. The lowest BCUT2D eigenvalue weighted by Gasteiger charge is -2.43. The first kappa shape index (κ1) is 27.3. The minimum atomic E-state index is -0.427. The number of pyridine rings is 1. The number of hydrogen-bond donors (Lipinski definition) is 0. The van der Waals surface area contributed by atoms with Crippen molar-refractivity contribution >= 4 is 22.7 Å².